The average molecular weight is 311 g/mol. The molecule has 1 unspecified atom stereocenters. The Morgan fingerprint density at radius 3 is 2.48 bits per heavy atom. The maximum absolute atomic E-state index is 11.2. The first-order valence-electron chi connectivity index (χ1n) is 7.40. The molecule has 1 aliphatic carbocycles. The van der Waals surface area contributed by atoms with Crippen LogP contribution in [0.1, 0.15) is 38.5 Å². The van der Waals surface area contributed by atoms with Crippen LogP contribution in [-0.2, 0) is 14.8 Å². The third-order valence-electron chi connectivity index (χ3n) is 4.42. The predicted molar refractivity (Wildman–Crippen MR) is 78.6 cm³/mol. The van der Waals surface area contributed by atoms with E-state index >= 15 is 0 Å². The molecule has 0 radical (unpaired) electrons. The van der Waals surface area contributed by atoms with Crippen LogP contribution in [0.3, 0.4) is 0 Å². The molecule has 116 valence electrons. The van der Waals surface area contributed by atoms with Gasteiger partial charge in [0.25, 0.3) is 0 Å². The Morgan fingerprint density at radius 1 is 1.19 bits per heavy atom. The van der Waals surface area contributed by atoms with E-state index in [4.69, 9.17) is 14.6 Å². The van der Waals surface area contributed by atoms with Gasteiger partial charge < -0.3 is 9.47 Å². The number of primary sulfonamides is 1. The van der Waals surface area contributed by atoms with Gasteiger partial charge in [-0.15, -0.1) is 0 Å². The molecule has 0 bridgehead atoms. The van der Waals surface area contributed by atoms with Gasteiger partial charge in [-0.05, 0) is 37.1 Å². The van der Waals surface area contributed by atoms with Crippen LogP contribution in [0.4, 0.5) is 0 Å². The smallest absolute Gasteiger partial charge is 0.238 e. The van der Waals surface area contributed by atoms with E-state index in [1.165, 1.54) is 25.0 Å². The van der Waals surface area contributed by atoms with Gasteiger partial charge in [0, 0.05) is 12.8 Å². The molecule has 1 spiro atoms. The Balaban J connectivity index is 1.66. The second-order valence-electron chi connectivity index (χ2n) is 5.99. The van der Waals surface area contributed by atoms with E-state index in [0.717, 1.165) is 32.3 Å². The summed E-state index contributed by atoms with van der Waals surface area (Å²) in [5.74, 6) is 0.683. The molecule has 1 saturated carbocycles. The normalized spacial score (nSPS) is 25.1. The summed E-state index contributed by atoms with van der Waals surface area (Å²) in [6.07, 6.45) is 6.64. The van der Waals surface area contributed by atoms with E-state index in [0.29, 0.717) is 5.75 Å². The molecule has 2 fully saturated rings. The average Bonchev–Trinajstić information content (AvgIpc) is 2.86. The molecular formula is C15H21NO4S. The molecule has 1 heterocycles. The van der Waals surface area contributed by atoms with Gasteiger partial charge in [-0.1, -0.05) is 12.8 Å². The van der Waals surface area contributed by atoms with Crippen molar-refractivity contribution >= 4 is 10.0 Å². The van der Waals surface area contributed by atoms with Crippen LogP contribution in [0, 0.1) is 0 Å². The summed E-state index contributed by atoms with van der Waals surface area (Å²) in [5, 5.41) is 5.08. The highest BCUT2D eigenvalue weighted by Crippen LogP contribution is 2.40. The number of sulfonamides is 1. The van der Waals surface area contributed by atoms with E-state index in [9.17, 15) is 8.42 Å². The molecule has 1 atom stereocenters. The minimum atomic E-state index is -3.65. The fourth-order valence-electron chi connectivity index (χ4n) is 3.35. The largest absolute Gasteiger partial charge is 0.490 e. The molecule has 1 aromatic carbocycles. The van der Waals surface area contributed by atoms with Gasteiger partial charge in [0.05, 0.1) is 17.1 Å². The van der Waals surface area contributed by atoms with Gasteiger partial charge in [0.2, 0.25) is 10.0 Å². The Kier molecular flexibility index (Phi) is 3.94. The molecule has 2 aliphatic rings. The third kappa shape index (κ3) is 3.39. The van der Waals surface area contributed by atoms with Crippen molar-refractivity contribution in [1.82, 2.24) is 0 Å². The topological polar surface area (TPSA) is 78.6 Å². The summed E-state index contributed by atoms with van der Waals surface area (Å²) < 4.78 is 34.4. The molecule has 21 heavy (non-hydrogen) atoms. The van der Waals surface area contributed by atoms with Crippen molar-refractivity contribution in [2.75, 3.05) is 6.61 Å². The fraction of sp³-hybridized carbons (Fsp3) is 0.600. The van der Waals surface area contributed by atoms with Crippen molar-refractivity contribution in [2.45, 2.75) is 55.1 Å². The summed E-state index contributed by atoms with van der Waals surface area (Å²) in [6, 6.07) is 6.29. The summed E-state index contributed by atoms with van der Waals surface area (Å²) in [4.78, 5) is 0.106. The summed E-state index contributed by atoms with van der Waals surface area (Å²) in [6.45, 7) is 0.736. The van der Waals surface area contributed by atoms with Crippen LogP contribution in [0.2, 0.25) is 0 Å². The van der Waals surface area contributed by atoms with E-state index < -0.39 is 10.0 Å². The lowest BCUT2D eigenvalue weighted by Gasteiger charge is -2.38. The SMILES string of the molecule is NS(=O)(=O)c1ccc(OC2CCOC3(CCCC3)C2)cc1. The maximum atomic E-state index is 11.2. The number of nitrogens with two attached hydrogens (primary N) is 1. The third-order valence-corrected chi connectivity index (χ3v) is 5.35. The van der Waals surface area contributed by atoms with E-state index in [1.54, 1.807) is 12.1 Å². The van der Waals surface area contributed by atoms with Crippen molar-refractivity contribution in [3.63, 3.8) is 0 Å². The van der Waals surface area contributed by atoms with Gasteiger partial charge in [-0.3, -0.25) is 0 Å². The molecule has 3 rings (SSSR count). The summed E-state index contributed by atoms with van der Waals surface area (Å²) in [7, 11) is -3.65. The van der Waals surface area contributed by atoms with E-state index in [2.05, 4.69) is 0 Å². The summed E-state index contributed by atoms with van der Waals surface area (Å²) in [5.41, 5.74) is 0.0173. The lowest BCUT2D eigenvalue weighted by atomic mass is 9.90. The van der Waals surface area contributed by atoms with Crippen molar-refractivity contribution < 1.29 is 17.9 Å². The van der Waals surface area contributed by atoms with Gasteiger partial charge in [0.1, 0.15) is 11.9 Å². The van der Waals surface area contributed by atoms with Crippen LogP contribution in [0.5, 0.6) is 5.75 Å². The standard InChI is InChI=1S/C15H21NO4S/c16-21(17,18)14-5-3-12(4-6-14)20-13-7-10-19-15(11-13)8-1-2-9-15/h3-6,13H,1-2,7-11H2,(H2,16,17,18). The molecule has 2 N–H and O–H groups in total. The number of rotatable bonds is 3. The number of benzene rings is 1. The minimum absolute atomic E-state index is 0.0173. The number of hydrogen-bond donors (Lipinski definition) is 1. The minimum Gasteiger partial charge on any atom is -0.490 e. The lowest BCUT2D eigenvalue weighted by Crippen LogP contribution is -2.41. The van der Waals surface area contributed by atoms with Crippen LogP contribution in [-0.4, -0.2) is 26.7 Å². The van der Waals surface area contributed by atoms with Crippen molar-refractivity contribution in [1.29, 1.82) is 0 Å². The van der Waals surface area contributed by atoms with Gasteiger partial charge in [0.15, 0.2) is 0 Å². The van der Waals surface area contributed by atoms with Crippen molar-refractivity contribution in [3.8, 4) is 5.75 Å². The molecule has 5 nitrogen and oxygen atoms in total. The Morgan fingerprint density at radius 2 is 1.86 bits per heavy atom. The first kappa shape index (κ1) is 14.8. The van der Waals surface area contributed by atoms with Gasteiger partial charge >= 0.3 is 0 Å². The number of hydrogen-bond acceptors (Lipinski definition) is 4. The zero-order valence-corrected chi connectivity index (χ0v) is 12.8. The Bertz CT molecular complexity index is 591. The highest BCUT2D eigenvalue weighted by molar-refractivity contribution is 7.89. The van der Waals surface area contributed by atoms with Crippen molar-refractivity contribution in [2.24, 2.45) is 5.14 Å². The van der Waals surface area contributed by atoms with Gasteiger partial charge in [-0.2, -0.15) is 0 Å². The fourth-order valence-corrected chi connectivity index (χ4v) is 3.87. The Labute approximate surface area is 125 Å². The Hall–Kier alpha value is -1.11. The first-order chi connectivity index (χ1) is 9.97. The van der Waals surface area contributed by atoms with Gasteiger partial charge in [-0.25, -0.2) is 13.6 Å². The molecule has 1 saturated heterocycles. The highest BCUT2D eigenvalue weighted by atomic mass is 32.2. The van der Waals surface area contributed by atoms with Crippen LogP contribution < -0.4 is 9.88 Å². The molecule has 0 aromatic heterocycles. The summed E-state index contributed by atoms with van der Waals surface area (Å²) >= 11 is 0. The second-order valence-corrected chi connectivity index (χ2v) is 7.55. The van der Waals surface area contributed by atoms with Crippen LogP contribution in [0.15, 0.2) is 29.2 Å². The molecule has 0 amide bonds. The number of ether oxygens (including phenoxy) is 2. The van der Waals surface area contributed by atoms with E-state index in [-0.39, 0.29) is 16.6 Å². The van der Waals surface area contributed by atoms with Crippen molar-refractivity contribution in [3.05, 3.63) is 24.3 Å². The molecule has 1 aromatic rings. The monoisotopic (exact) mass is 311 g/mol. The zero-order valence-electron chi connectivity index (χ0n) is 12.0. The molecular weight excluding hydrogens is 290 g/mol. The van der Waals surface area contributed by atoms with Crippen LogP contribution in [0.25, 0.3) is 0 Å². The second kappa shape index (κ2) is 5.59. The zero-order chi connectivity index (χ0) is 14.9. The first-order valence-corrected chi connectivity index (χ1v) is 8.95. The highest BCUT2D eigenvalue weighted by Gasteiger charge is 2.40. The lowest BCUT2D eigenvalue weighted by molar-refractivity contribution is -0.108. The molecule has 1 aliphatic heterocycles. The van der Waals surface area contributed by atoms with Crippen LogP contribution >= 0.6 is 0 Å². The van der Waals surface area contributed by atoms with E-state index in [1.807, 2.05) is 0 Å². The molecule has 6 heteroatoms. The quantitative estimate of drug-likeness (QED) is 0.928. The maximum Gasteiger partial charge on any atom is 0.238 e. The predicted octanol–water partition coefficient (Wildman–Crippen LogP) is 2.20.